The first-order valence-electron chi connectivity index (χ1n) is 4.96. The van der Waals surface area contributed by atoms with E-state index in [9.17, 15) is 4.79 Å². The van der Waals surface area contributed by atoms with Gasteiger partial charge in [-0.15, -0.1) is 0 Å². The van der Waals surface area contributed by atoms with Crippen molar-refractivity contribution in [2.75, 3.05) is 0 Å². The zero-order valence-corrected chi connectivity index (χ0v) is 7.49. The highest BCUT2D eigenvalue weighted by Gasteiger charge is 2.59. The molecule has 0 aromatic carbocycles. The van der Waals surface area contributed by atoms with Gasteiger partial charge in [-0.2, -0.15) is 0 Å². The van der Waals surface area contributed by atoms with E-state index in [2.05, 4.69) is 6.92 Å². The van der Waals surface area contributed by atoms with Crippen LogP contribution in [0.3, 0.4) is 0 Å². The first-order chi connectivity index (χ1) is 5.74. The molecule has 68 valence electrons. The monoisotopic (exact) mass is 168 g/mol. The Morgan fingerprint density at radius 2 is 2.00 bits per heavy atom. The molecule has 0 spiro atoms. The molecule has 2 atom stereocenters. The minimum atomic E-state index is -0.556. The van der Waals surface area contributed by atoms with Crippen molar-refractivity contribution >= 4 is 5.97 Å². The van der Waals surface area contributed by atoms with Gasteiger partial charge in [0.2, 0.25) is 0 Å². The molecule has 0 radical (unpaired) electrons. The van der Waals surface area contributed by atoms with Gasteiger partial charge in [-0.1, -0.05) is 19.8 Å². The van der Waals surface area contributed by atoms with Crippen molar-refractivity contribution in [3.8, 4) is 0 Å². The number of hydrogen-bond acceptors (Lipinski definition) is 1. The lowest BCUT2D eigenvalue weighted by Crippen LogP contribution is -2.07. The Morgan fingerprint density at radius 3 is 2.42 bits per heavy atom. The summed E-state index contributed by atoms with van der Waals surface area (Å²) in [5.74, 6) is 1.44. The molecule has 2 aliphatic carbocycles. The van der Waals surface area contributed by atoms with Crippen LogP contribution in [0.2, 0.25) is 0 Å². The molecule has 0 heterocycles. The highest BCUT2D eigenvalue weighted by atomic mass is 16.4. The van der Waals surface area contributed by atoms with Crippen LogP contribution in [-0.2, 0) is 4.79 Å². The van der Waals surface area contributed by atoms with Gasteiger partial charge in [0.1, 0.15) is 0 Å². The molecule has 2 unspecified atom stereocenters. The summed E-state index contributed by atoms with van der Waals surface area (Å²) in [5, 5.41) is 8.78. The van der Waals surface area contributed by atoms with Crippen molar-refractivity contribution in [3.63, 3.8) is 0 Å². The lowest BCUT2D eigenvalue weighted by atomic mass is 9.96. The summed E-state index contributed by atoms with van der Waals surface area (Å²) in [6, 6.07) is 0. The first-order valence-corrected chi connectivity index (χ1v) is 4.96. The topological polar surface area (TPSA) is 37.3 Å². The molecule has 0 aromatic heterocycles. The Bertz CT molecular complexity index is 188. The Morgan fingerprint density at radius 1 is 1.42 bits per heavy atom. The minimum absolute atomic E-state index is 0.0399. The standard InChI is InChI=1S/C10H16O2/c1-2-3-6-4-7-8(5-6)9(7)10(11)12/h6-9H,2-5H2,1H3,(H,11,12). The van der Waals surface area contributed by atoms with Crippen LogP contribution in [0.25, 0.3) is 0 Å². The van der Waals surface area contributed by atoms with Crippen LogP contribution in [0.1, 0.15) is 32.6 Å². The van der Waals surface area contributed by atoms with E-state index in [1.807, 2.05) is 0 Å². The molecule has 2 heteroatoms. The van der Waals surface area contributed by atoms with Gasteiger partial charge in [0.25, 0.3) is 0 Å². The zero-order chi connectivity index (χ0) is 8.72. The van der Waals surface area contributed by atoms with Crippen LogP contribution in [0.4, 0.5) is 0 Å². The normalized spacial score (nSPS) is 44.1. The average Bonchev–Trinajstić information content (AvgIpc) is 2.51. The fourth-order valence-electron chi connectivity index (χ4n) is 2.96. The third-order valence-electron chi connectivity index (χ3n) is 3.52. The Kier molecular flexibility index (Phi) is 1.85. The van der Waals surface area contributed by atoms with Crippen LogP contribution in [0.5, 0.6) is 0 Å². The zero-order valence-electron chi connectivity index (χ0n) is 7.49. The smallest absolute Gasteiger partial charge is 0.307 e. The number of fused-ring (bicyclic) bond motifs is 1. The lowest BCUT2D eigenvalue weighted by Gasteiger charge is -2.10. The van der Waals surface area contributed by atoms with Crippen molar-refractivity contribution in [2.24, 2.45) is 23.7 Å². The number of aliphatic carboxylic acids is 1. The first kappa shape index (κ1) is 8.09. The fraction of sp³-hybridized carbons (Fsp3) is 0.900. The molecule has 2 saturated carbocycles. The van der Waals surface area contributed by atoms with Gasteiger partial charge >= 0.3 is 5.97 Å². The summed E-state index contributed by atoms with van der Waals surface area (Å²) in [7, 11) is 0. The SMILES string of the molecule is CCCC1CC2C(C1)C2C(=O)O. The molecule has 2 rings (SSSR count). The summed E-state index contributed by atoms with van der Waals surface area (Å²) in [5.41, 5.74) is 0. The maximum atomic E-state index is 10.6. The summed E-state index contributed by atoms with van der Waals surface area (Å²) in [4.78, 5) is 10.6. The maximum absolute atomic E-state index is 10.6. The van der Waals surface area contributed by atoms with Crippen LogP contribution < -0.4 is 0 Å². The largest absolute Gasteiger partial charge is 0.481 e. The molecule has 12 heavy (non-hydrogen) atoms. The molecule has 2 aliphatic rings. The maximum Gasteiger partial charge on any atom is 0.307 e. The Hall–Kier alpha value is -0.530. The average molecular weight is 168 g/mol. The van der Waals surface area contributed by atoms with Crippen molar-refractivity contribution in [1.29, 1.82) is 0 Å². The van der Waals surface area contributed by atoms with Gasteiger partial charge < -0.3 is 5.11 Å². The molecule has 0 saturated heterocycles. The molecule has 0 amide bonds. The van der Waals surface area contributed by atoms with Crippen LogP contribution in [0, 0.1) is 23.7 Å². The van der Waals surface area contributed by atoms with Gasteiger partial charge in [0.15, 0.2) is 0 Å². The summed E-state index contributed by atoms with van der Waals surface area (Å²) in [6.07, 6.45) is 4.94. The molecule has 2 nitrogen and oxygen atoms in total. The molecular formula is C10H16O2. The van der Waals surface area contributed by atoms with E-state index in [1.165, 1.54) is 25.7 Å². The van der Waals surface area contributed by atoms with Crippen molar-refractivity contribution < 1.29 is 9.90 Å². The Balaban J connectivity index is 1.82. The number of rotatable bonds is 3. The number of carboxylic acid groups (broad SMARTS) is 1. The second-order valence-corrected chi connectivity index (χ2v) is 4.32. The van der Waals surface area contributed by atoms with Gasteiger partial charge in [-0.25, -0.2) is 0 Å². The van der Waals surface area contributed by atoms with Crippen molar-refractivity contribution in [3.05, 3.63) is 0 Å². The number of hydrogen-bond donors (Lipinski definition) is 1. The van der Waals surface area contributed by atoms with Crippen LogP contribution in [0.15, 0.2) is 0 Å². The van der Waals surface area contributed by atoms with E-state index in [0.29, 0.717) is 11.8 Å². The molecule has 1 N–H and O–H groups in total. The van der Waals surface area contributed by atoms with E-state index < -0.39 is 5.97 Å². The molecular weight excluding hydrogens is 152 g/mol. The third-order valence-corrected chi connectivity index (χ3v) is 3.52. The Labute approximate surface area is 73.0 Å². The number of carbonyl (C=O) groups is 1. The predicted octanol–water partition coefficient (Wildman–Crippen LogP) is 2.14. The lowest BCUT2D eigenvalue weighted by molar-refractivity contribution is -0.139. The molecule has 0 aliphatic heterocycles. The summed E-state index contributed by atoms with van der Waals surface area (Å²) < 4.78 is 0. The van der Waals surface area contributed by atoms with E-state index in [1.54, 1.807) is 0 Å². The van der Waals surface area contributed by atoms with E-state index in [-0.39, 0.29) is 5.92 Å². The fourth-order valence-corrected chi connectivity index (χ4v) is 2.96. The van der Waals surface area contributed by atoms with Crippen LogP contribution in [-0.4, -0.2) is 11.1 Å². The summed E-state index contributed by atoms with van der Waals surface area (Å²) >= 11 is 0. The molecule has 2 fully saturated rings. The predicted molar refractivity (Wildman–Crippen MR) is 45.7 cm³/mol. The highest BCUT2D eigenvalue weighted by Crippen LogP contribution is 2.60. The van der Waals surface area contributed by atoms with E-state index in [4.69, 9.17) is 5.11 Å². The minimum Gasteiger partial charge on any atom is -0.481 e. The van der Waals surface area contributed by atoms with Gasteiger partial charge in [-0.3, -0.25) is 4.79 Å². The van der Waals surface area contributed by atoms with Crippen molar-refractivity contribution in [2.45, 2.75) is 32.6 Å². The summed E-state index contributed by atoms with van der Waals surface area (Å²) in [6.45, 7) is 2.21. The van der Waals surface area contributed by atoms with Crippen LogP contribution >= 0.6 is 0 Å². The number of carboxylic acids is 1. The van der Waals surface area contributed by atoms with E-state index in [0.717, 1.165) is 5.92 Å². The molecule has 0 bridgehead atoms. The quantitative estimate of drug-likeness (QED) is 0.701. The van der Waals surface area contributed by atoms with Gasteiger partial charge in [0, 0.05) is 0 Å². The van der Waals surface area contributed by atoms with E-state index >= 15 is 0 Å². The molecule has 0 aromatic rings. The van der Waals surface area contributed by atoms with Crippen molar-refractivity contribution in [1.82, 2.24) is 0 Å². The second kappa shape index (κ2) is 2.75. The van der Waals surface area contributed by atoms with Gasteiger partial charge in [0.05, 0.1) is 5.92 Å². The second-order valence-electron chi connectivity index (χ2n) is 4.32. The highest BCUT2D eigenvalue weighted by molar-refractivity contribution is 5.74. The third kappa shape index (κ3) is 1.13. The van der Waals surface area contributed by atoms with Gasteiger partial charge in [-0.05, 0) is 30.6 Å².